The van der Waals surface area contributed by atoms with Crippen LogP contribution in [0.1, 0.15) is 37.6 Å². The van der Waals surface area contributed by atoms with E-state index in [0.29, 0.717) is 11.5 Å². The van der Waals surface area contributed by atoms with Gasteiger partial charge in [0.25, 0.3) is 0 Å². The van der Waals surface area contributed by atoms with E-state index >= 15 is 0 Å². The Bertz CT molecular complexity index is 338. The predicted molar refractivity (Wildman–Crippen MR) is 57.1 cm³/mol. The van der Waals surface area contributed by atoms with Crippen LogP contribution in [-0.2, 0) is 13.5 Å². The van der Waals surface area contributed by atoms with Crippen LogP contribution in [0.4, 0.5) is 0 Å². The van der Waals surface area contributed by atoms with E-state index in [-0.39, 0.29) is 0 Å². The van der Waals surface area contributed by atoms with Crippen LogP contribution >= 0.6 is 0 Å². The lowest BCUT2D eigenvalue weighted by Gasteiger charge is -2.35. The molecule has 78 valence electrons. The first kappa shape index (κ1) is 9.71. The van der Waals surface area contributed by atoms with Crippen molar-refractivity contribution in [3.8, 4) is 0 Å². The van der Waals surface area contributed by atoms with Gasteiger partial charge in [-0.2, -0.15) is 5.10 Å². The Morgan fingerprint density at radius 3 is 2.93 bits per heavy atom. The lowest BCUT2D eigenvalue weighted by Crippen LogP contribution is -2.32. The summed E-state index contributed by atoms with van der Waals surface area (Å²) < 4.78 is 2.01. The van der Waals surface area contributed by atoms with E-state index in [1.54, 1.807) is 0 Å². The topological polar surface area (TPSA) is 29.9 Å². The fourth-order valence-electron chi connectivity index (χ4n) is 2.43. The molecular formula is C11H19N3. The molecule has 3 heteroatoms. The number of fused-ring (bicyclic) bond motifs is 1. The Labute approximate surface area is 85.5 Å². The zero-order chi connectivity index (χ0) is 10.3. The number of hydrogen-bond donors (Lipinski definition) is 1. The summed E-state index contributed by atoms with van der Waals surface area (Å²) >= 11 is 0. The largest absolute Gasteiger partial charge is 0.313 e. The van der Waals surface area contributed by atoms with Crippen molar-refractivity contribution in [2.24, 2.45) is 12.5 Å². The molecule has 0 saturated carbocycles. The molecule has 0 aromatic carbocycles. The molecule has 1 aliphatic carbocycles. The van der Waals surface area contributed by atoms with E-state index < -0.39 is 0 Å². The minimum absolute atomic E-state index is 0.383. The fraction of sp³-hybridized carbons (Fsp3) is 0.727. The highest BCUT2D eigenvalue weighted by atomic mass is 15.3. The minimum atomic E-state index is 0.383. The molecule has 1 atom stereocenters. The van der Waals surface area contributed by atoms with Gasteiger partial charge in [0.2, 0.25) is 0 Å². The number of nitrogens with one attached hydrogen (secondary N) is 1. The van der Waals surface area contributed by atoms with Crippen molar-refractivity contribution in [3.63, 3.8) is 0 Å². The minimum Gasteiger partial charge on any atom is -0.313 e. The van der Waals surface area contributed by atoms with E-state index in [9.17, 15) is 0 Å². The average Bonchev–Trinajstić information content (AvgIpc) is 2.45. The van der Waals surface area contributed by atoms with E-state index in [0.717, 1.165) is 6.42 Å². The van der Waals surface area contributed by atoms with Crippen LogP contribution in [0.25, 0.3) is 0 Å². The molecule has 0 fully saturated rings. The second-order valence-corrected chi connectivity index (χ2v) is 5.06. The highest BCUT2D eigenvalue weighted by Gasteiger charge is 2.33. The molecule has 0 radical (unpaired) electrons. The average molecular weight is 193 g/mol. The molecule has 2 rings (SSSR count). The summed E-state index contributed by atoms with van der Waals surface area (Å²) in [6, 6.07) is 0.474. The first-order chi connectivity index (χ1) is 6.53. The third kappa shape index (κ3) is 1.46. The number of rotatable bonds is 1. The first-order valence-corrected chi connectivity index (χ1v) is 5.21. The molecule has 0 amide bonds. The number of hydrogen-bond acceptors (Lipinski definition) is 2. The first-order valence-electron chi connectivity index (χ1n) is 5.21. The van der Waals surface area contributed by atoms with E-state index in [1.807, 2.05) is 25.0 Å². The Hall–Kier alpha value is -0.830. The van der Waals surface area contributed by atoms with Crippen molar-refractivity contribution < 1.29 is 0 Å². The molecule has 1 aromatic heterocycles. The molecule has 14 heavy (non-hydrogen) atoms. The predicted octanol–water partition coefficient (Wildman–Crippen LogP) is 1.65. The number of aromatic nitrogens is 2. The number of nitrogens with zero attached hydrogens (tertiary/aromatic N) is 2. The second kappa shape index (κ2) is 3.09. The molecule has 1 aliphatic rings. The molecule has 0 saturated heterocycles. The molecule has 3 nitrogen and oxygen atoms in total. The highest BCUT2D eigenvalue weighted by Crippen LogP contribution is 2.40. The van der Waals surface area contributed by atoms with Crippen LogP contribution in [0.15, 0.2) is 6.20 Å². The van der Waals surface area contributed by atoms with Crippen LogP contribution in [0.5, 0.6) is 0 Å². The Morgan fingerprint density at radius 1 is 1.57 bits per heavy atom. The normalized spacial score (nSPS) is 24.7. The molecule has 1 heterocycles. The van der Waals surface area contributed by atoms with E-state index in [4.69, 9.17) is 0 Å². The standard InChI is InChI=1S/C11H19N3/c1-11(2)5-9(12-3)8-7-13-14(4)10(8)6-11/h7,9,12H,5-6H2,1-4H3. The van der Waals surface area contributed by atoms with Crippen molar-refractivity contribution >= 4 is 0 Å². The zero-order valence-corrected chi connectivity index (χ0v) is 9.46. The fourth-order valence-corrected chi connectivity index (χ4v) is 2.43. The van der Waals surface area contributed by atoms with Crippen LogP contribution < -0.4 is 5.32 Å². The van der Waals surface area contributed by atoms with Crippen molar-refractivity contribution in [2.75, 3.05) is 7.05 Å². The van der Waals surface area contributed by atoms with Crippen molar-refractivity contribution in [3.05, 3.63) is 17.5 Å². The molecule has 1 unspecified atom stereocenters. The molecular weight excluding hydrogens is 174 g/mol. The van der Waals surface area contributed by atoms with Gasteiger partial charge in [-0.15, -0.1) is 0 Å². The maximum atomic E-state index is 4.34. The zero-order valence-electron chi connectivity index (χ0n) is 9.46. The summed E-state index contributed by atoms with van der Waals surface area (Å²) in [5.74, 6) is 0. The van der Waals surface area contributed by atoms with Crippen LogP contribution in [0.2, 0.25) is 0 Å². The van der Waals surface area contributed by atoms with Gasteiger partial charge in [-0.3, -0.25) is 4.68 Å². The number of aryl methyl sites for hydroxylation is 1. The van der Waals surface area contributed by atoms with Gasteiger partial charge in [0.15, 0.2) is 0 Å². The van der Waals surface area contributed by atoms with Crippen molar-refractivity contribution in [1.82, 2.24) is 15.1 Å². The summed E-state index contributed by atoms with van der Waals surface area (Å²) in [5, 5.41) is 7.71. The van der Waals surface area contributed by atoms with Gasteiger partial charge in [-0.1, -0.05) is 13.8 Å². The van der Waals surface area contributed by atoms with Crippen LogP contribution in [-0.4, -0.2) is 16.8 Å². The smallest absolute Gasteiger partial charge is 0.0540 e. The third-order valence-corrected chi connectivity index (χ3v) is 3.22. The van der Waals surface area contributed by atoms with Crippen LogP contribution in [0, 0.1) is 5.41 Å². The van der Waals surface area contributed by atoms with Crippen LogP contribution in [0.3, 0.4) is 0 Å². The van der Waals surface area contributed by atoms with Gasteiger partial charge >= 0.3 is 0 Å². The highest BCUT2D eigenvalue weighted by molar-refractivity contribution is 5.26. The van der Waals surface area contributed by atoms with E-state index in [1.165, 1.54) is 17.7 Å². The van der Waals surface area contributed by atoms with Gasteiger partial charge in [-0.25, -0.2) is 0 Å². The summed E-state index contributed by atoms with van der Waals surface area (Å²) in [6.45, 7) is 4.65. The van der Waals surface area contributed by atoms with Crippen molar-refractivity contribution in [2.45, 2.75) is 32.7 Å². The quantitative estimate of drug-likeness (QED) is 0.735. The summed E-state index contributed by atoms with van der Waals surface area (Å²) in [7, 11) is 4.07. The van der Waals surface area contributed by atoms with Gasteiger partial charge in [0, 0.05) is 24.3 Å². The Balaban J connectivity index is 2.43. The summed E-state index contributed by atoms with van der Waals surface area (Å²) in [5.41, 5.74) is 3.16. The maximum absolute atomic E-state index is 4.34. The van der Waals surface area contributed by atoms with Gasteiger partial charge < -0.3 is 5.32 Å². The molecule has 0 spiro atoms. The van der Waals surface area contributed by atoms with Crippen molar-refractivity contribution in [1.29, 1.82) is 0 Å². The summed E-state index contributed by atoms with van der Waals surface area (Å²) in [4.78, 5) is 0. The molecule has 1 aromatic rings. The third-order valence-electron chi connectivity index (χ3n) is 3.22. The van der Waals surface area contributed by atoms with Gasteiger partial charge in [0.1, 0.15) is 0 Å². The Kier molecular flexibility index (Phi) is 2.14. The molecule has 0 bridgehead atoms. The van der Waals surface area contributed by atoms with Gasteiger partial charge in [-0.05, 0) is 25.3 Å². The second-order valence-electron chi connectivity index (χ2n) is 5.06. The monoisotopic (exact) mass is 193 g/mol. The summed E-state index contributed by atoms with van der Waals surface area (Å²) in [6.07, 6.45) is 4.34. The maximum Gasteiger partial charge on any atom is 0.0540 e. The lowest BCUT2D eigenvalue weighted by atomic mass is 9.74. The Morgan fingerprint density at radius 2 is 2.29 bits per heavy atom. The molecule has 1 N–H and O–H groups in total. The lowest BCUT2D eigenvalue weighted by molar-refractivity contribution is 0.258. The van der Waals surface area contributed by atoms with E-state index in [2.05, 4.69) is 24.3 Å². The van der Waals surface area contributed by atoms with Gasteiger partial charge in [0.05, 0.1) is 6.20 Å². The molecule has 0 aliphatic heterocycles. The SMILES string of the molecule is CNC1CC(C)(C)Cc2c1cnn2C.